The Balaban J connectivity index is 2.59. The van der Waals surface area contributed by atoms with Crippen molar-refractivity contribution >= 4 is 22.5 Å². The van der Waals surface area contributed by atoms with Gasteiger partial charge < -0.3 is 0 Å². The molecule has 0 aliphatic carbocycles. The van der Waals surface area contributed by atoms with Crippen molar-refractivity contribution in [3.05, 3.63) is 41.0 Å². The van der Waals surface area contributed by atoms with Gasteiger partial charge in [-0.3, -0.25) is 4.98 Å². The molecule has 78 valence electrons. The van der Waals surface area contributed by atoms with E-state index in [1.807, 2.05) is 12.1 Å². The van der Waals surface area contributed by atoms with Crippen molar-refractivity contribution in [2.24, 2.45) is 0 Å². The Bertz CT molecular complexity index is 479. The summed E-state index contributed by atoms with van der Waals surface area (Å²) >= 11 is 6.14. The first-order chi connectivity index (χ1) is 7.22. The quantitative estimate of drug-likeness (QED) is 0.730. The predicted octanol–water partition coefficient (Wildman–Crippen LogP) is 4.40. The van der Waals surface area contributed by atoms with Crippen LogP contribution in [-0.4, -0.2) is 4.98 Å². The molecule has 15 heavy (non-hydrogen) atoms. The third-order valence-electron chi connectivity index (χ3n) is 2.89. The van der Waals surface area contributed by atoms with Crippen LogP contribution in [0.5, 0.6) is 0 Å². The number of rotatable bonds is 2. The fourth-order valence-electron chi connectivity index (χ4n) is 1.67. The van der Waals surface area contributed by atoms with E-state index in [1.165, 1.54) is 5.56 Å². The highest BCUT2D eigenvalue weighted by Gasteiger charge is 2.05. The van der Waals surface area contributed by atoms with E-state index >= 15 is 0 Å². The molecule has 1 aromatic carbocycles. The summed E-state index contributed by atoms with van der Waals surface area (Å²) in [5.41, 5.74) is 2.30. The third kappa shape index (κ3) is 1.98. The number of benzene rings is 1. The first-order valence-electron chi connectivity index (χ1n) is 5.26. The van der Waals surface area contributed by atoms with Crippen LogP contribution in [-0.2, 0) is 0 Å². The highest BCUT2D eigenvalue weighted by Crippen LogP contribution is 2.26. The van der Waals surface area contributed by atoms with E-state index in [2.05, 4.69) is 31.0 Å². The van der Waals surface area contributed by atoms with Gasteiger partial charge in [0.2, 0.25) is 0 Å². The van der Waals surface area contributed by atoms with Gasteiger partial charge in [0.1, 0.15) is 0 Å². The summed E-state index contributed by atoms with van der Waals surface area (Å²) in [6.07, 6.45) is 2.89. The van der Waals surface area contributed by atoms with Gasteiger partial charge in [0.25, 0.3) is 0 Å². The van der Waals surface area contributed by atoms with Crippen LogP contribution in [0.4, 0.5) is 0 Å². The molecular weight excluding hydrogens is 206 g/mol. The second-order valence-electron chi connectivity index (χ2n) is 3.88. The van der Waals surface area contributed by atoms with Crippen LogP contribution < -0.4 is 0 Å². The van der Waals surface area contributed by atoms with Crippen LogP contribution in [0.2, 0.25) is 5.02 Å². The maximum absolute atomic E-state index is 6.14. The minimum absolute atomic E-state index is 0.575. The molecule has 0 aliphatic heterocycles. The van der Waals surface area contributed by atoms with Crippen molar-refractivity contribution in [1.82, 2.24) is 4.98 Å². The third-order valence-corrected chi connectivity index (χ3v) is 3.22. The van der Waals surface area contributed by atoms with Crippen molar-refractivity contribution in [1.29, 1.82) is 0 Å². The minimum atomic E-state index is 0.575. The minimum Gasteiger partial charge on any atom is -0.256 e. The van der Waals surface area contributed by atoms with Crippen LogP contribution in [0.25, 0.3) is 10.9 Å². The van der Waals surface area contributed by atoms with E-state index in [1.54, 1.807) is 6.20 Å². The summed E-state index contributed by atoms with van der Waals surface area (Å²) in [6, 6.07) is 8.17. The molecule has 1 atom stereocenters. The Kier molecular flexibility index (Phi) is 2.92. The lowest BCUT2D eigenvalue weighted by molar-refractivity contribution is 0.734. The molecule has 1 nitrogen and oxygen atoms in total. The van der Waals surface area contributed by atoms with E-state index in [-0.39, 0.29) is 0 Å². The molecule has 0 fully saturated rings. The fraction of sp³-hybridized carbons (Fsp3) is 0.308. The van der Waals surface area contributed by atoms with Crippen LogP contribution in [0.1, 0.15) is 31.7 Å². The molecule has 0 N–H and O–H groups in total. The lowest BCUT2D eigenvalue weighted by atomic mass is 9.97. The number of hydrogen-bond acceptors (Lipinski definition) is 1. The highest BCUT2D eigenvalue weighted by atomic mass is 35.5. The van der Waals surface area contributed by atoms with Crippen LogP contribution in [0.3, 0.4) is 0 Å². The molecule has 0 bridgehead atoms. The van der Waals surface area contributed by atoms with Gasteiger partial charge in [0, 0.05) is 11.6 Å². The van der Waals surface area contributed by atoms with Crippen molar-refractivity contribution in [2.45, 2.75) is 26.2 Å². The monoisotopic (exact) mass is 219 g/mol. The van der Waals surface area contributed by atoms with Gasteiger partial charge in [-0.15, -0.1) is 0 Å². The molecule has 0 saturated carbocycles. The molecule has 0 spiro atoms. The number of pyridine rings is 1. The topological polar surface area (TPSA) is 12.9 Å². The van der Waals surface area contributed by atoms with Crippen molar-refractivity contribution in [3.8, 4) is 0 Å². The molecule has 1 unspecified atom stereocenters. The maximum Gasteiger partial charge on any atom is 0.0717 e. The number of aromatic nitrogens is 1. The fourth-order valence-corrected chi connectivity index (χ4v) is 1.88. The van der Waals surface area contributed by atoms with Crippen LogP contribution in [0.15, 0.2) is 30.5 Å². The molecule has 0 amide bonds. The van der Waals surface area contributed by atoms with Gasteiger partial charge in [-0.05, 0) is 36.1 Å². The van der Waals surface area contributed by atoms with Crippen LogP contribution >= 0.6 is 11.6 Å². The lowest BCUT2D eigenvalue weighted by Crippen LogP contribution is -1.91. The smallest absolute Gasteiger partial charge is 0.0717 e. The first kappa shape index (κ1) is 10.4. The summed E-state index contributed by atoms with van der Waals surface area (Å²) in [4.78, 5) is 4.28. The second kappa shape index (κ2) is 4.19. The van der Waals surface area contributed by atoms with Gasteiger partial charge in [-0.1, -0.05) is 31.5 Å². The largest absolute Gasteiger partial charge is 0.256 e. The molecule has 1 heterocycles. The van der Waals surface area contributed by atoms with Crippen molar-refractivity contribution < 1.29 is 0 Å². The summed E-state index contributed by atoms with van der Waals surface area (Å²) in [7, 11) is 0. The van der Waals surface area contributed by atoms with Crippen molar-refractivity contribution in [2.75, 3.05) is 0 Å². The zero-order valence-corrected chi connectivity index (χ0v) is 9.75. The normalized spacial score (nSPS) is 13.0. The molecule has 0 saturated heterocycles. The Labute approximate surface area is 95.1 Å². The number of hydrogen-bond donors (Lipinski definition) is 0. The van der Waals surface area contributed by atoms with E-state index in [0.29, 0.717) is 5.92 Å². The van der Waals surface area contributed by atoms with Gasteiger partial charge in [0.05, 0.1) is 10.5 Å². The van der Waals surface area contributed by atoms with Crippen LogP contribution in [0, 0.1) is 0 Å². The molecular formula is C13H14ClN. The van der Waals surface area contributed by atoms with Gasteiger partial charge in [0.15, 0.2) is 0 Å². The molecule has 2 rings (SSSR count). The van der Waals surface area contributed by atoms with E-state index in [9.17, 15) is 0 Å². The standard InChI is InChI=1S/C13H14ClN/c1-3-9(2)10-4-5-13-11(8-10)12(14)6-7-15-13/h4-9H,3H2,1-2H3. The lowest BCUT2D eigenvalue weighted by Gasteiger charge is -2.10. The Morgan fingerprint density at radius 3 is 2.87 bits per heavy atom. The Morgan fingerprint density at radius 2 is 2.13 bits per heavy atom. The molecule has 0 aliphatic rings. The van der Waals surface area contributed by atoms with Gasteiger partial charge >= 0.3 is 0 Å². The summed E-state index contributed by atoms with van der Waals surface area (Å²) in [5.74, 6) is 0.575. The van der Waals surface area contributed by atoms with E-state index in [4.69, 9.17) is 11.6 Å². The molecule has 0 radical (unpaired) electrons. The number of halogens is 1. The molecule has 2 heteroatoms. The maximum atomic E-state index is 6.14. The average Bonchev–Trinajstić information content (AvgIpc) is 2.28. The predicted molar refractivity (Wildman–Crippen MR) is 65.5 cm³/mol. The zero-order valence-electron chi connectivity index (χ0n) is 9.00. The average molecular weight is 220 g/mol. The van der Waals surface area contributed by atoms with Crippen molar-refractivity contribution in [3.63, 3.8) is 0 Å². The summed E-state index contributed by atoms with van der Waals surface area (Å²) < 4.78 is 0. The molecule has 2 aromatic rings. The number of fused-ring (bicyclic) bond motifs is 1. The van der Waals surface area contributed by atoms with Gasteiger partial charge in [-0.25, -0.2) is 0 Å². The SMILES string of the molecule is CCC(C)c1ccc2nccc(Cl)c2c1. The van der Waals surface area contributed by atoms with E-state index in [0.717, 1.165) is 22.3 Å². The first-order valence-corrected chi connectivity index (χ1v) is 5.64. The Morgan fingerprint density at radius 1 is 1.33 bits per heavy atom. The highest BCUT2D eigenvalue weighted by molar-refractivity contribution is 6.35. The Hall–Kier alpha value is -1.08. The summed E-state index contributed by atoms with van der Waals surface area (Å²) in [5, 5.41) is 1.84. The van der Waals surface area contributed by atoms with E-state index < -0.39 is 0 Å². The zero-order chi connectivity index (χ0) is 10.8. The number of nitrogens with zero attached hydrogens (tertiary/aromatic N) is 1. The van der Waals surface area contributed by atoms with Gasteiger partial charge in [-0.2, -0.15) is 0 Å². The summed E-state index contributed by atoms with van der Waals surface area (Å²) in [6.45, 7) is 4.42. The molecule has 1 aromatic heterocycles. The second-order valence-corrected chi connectivity index (χ2v) is 4.29.